The standard InChI is InChI=1S/C16H22N4O3.ClH/c1-4-17-10(3)9-18-14(21)11-6-7-13-12(8-11)19-15(22)16(23)20(13)5-2;/h6-8,10,17H,4-5,9H2,1-3H3,(H,18,21)(H,19,22);1H/t10-;/m1./s1. The molecule has 1 aromatic heterocycles. The SMILES string of the molecule is CCN[C@H](C)CNC(=O)c1ccc2c(c1)[nH]c(=O)c(=O)n2CC.Cl. The highest BCUT2D eigenvalue weighted by Gasteiger charge is 2.11. The predicted molar refractivity (Wildman–Crippen MR) is 97.2 cm³/mol. The molecular formula is C16H23ClN4O3. The normalized spacial score (nSPS) is 11.8. The average molecular weight is 355 g/mol. The number of likely N-dealkylation sites (N-methyl/N-ethyl adjacent to an activating group) is 1. The molecular weight excluding hydrogens is 332 g/mol. The van der Waals surface area contributed by atoms with Crippen molar-refractivity contribution in [3.63, 3.8) is 0 Å². The van der Waals surface area contributed by atoms with E-state index in [-0.39, 0.29) is 24.4 Å². The van der Waals surface area contributed by atoms with Crippen LogP contribution in [0.15, 0.2) is 27.8 Å². The van der Waals surface area contributed by atoms with Gasteiger partial charge in [-0.25, -0.2) is 0 Å². The first kappa shape index (κ1) is 19.9. The van der Waals surface area contributed by atoms with Crippen LogP contribution in [0.3, 0.4) is 0 Å². The lowest BCUT2D eigenvalue weighted by atomic mass is 10.1. The van der Waals surface area contributed by atoms with Gasteiger partial charge in [-0.1, -0.05) is 6.92 Å². The van der Waals surface area contributed by atoms with E-state index in [0.29, 0.717) is 29.7 Å². The number of hydrogen-bond acceptors (Lipinski definition) is 4. The predicted octanol–water partition coefficient (Wildman–Crippen LogP) is 0.859. The molecule has 0 fully saturated rings. The van der Waals surface area contributed by atoms with Gasteiger partial charge < -0.3 is 20.2 Å². The molecule has 1 aromatic carbocycles. The van der Waals surface area contributed by atoms with E-state index in [0.717, 1.165) is 6.54 Å². The second-order valence-electron chi connectivity index (χ2n) is 5.40. The lowest BCUT2D eigenvalue weighted by Gasteiger charge is -2.13. The molecule has 1 heterocycles. The monoisotopic (exact) mass is 354 g/mol. The molecule has 0 spiro atoms. The van der Waals surface area contributed by atoms with Crippen molar-refractivity contribution in [1.29, 1.82) is 0 Å². The van der Waals surface area contributed by atoms with Gasteiger partial charge in [-0.05, 0) is 38.6 Å². The summed E-state index contributed by atoms with van der Waals surface area (Å²) in [6.07, 6.45) is 0. The van der Waals surface area contributed by atoms with Crippen molar-refractivity contribution < 1.29 is 4.79 Å². The Morgan fingerprint density at radius 3 is 2.62 bits per heavy atom. The first-order valence-electron chi connectivity index (χ1n) is 7.76. The largest absolute Gasteiger partial charge is 0.350 e. The Balaban J connectivity index is 0.00000288. The Labute approximate surface area is 145 Å². The number of nitrogens with one attached hydrogen (secondary N) is 3. The molecule has 132 valence electrons. The van der Waals surface area contributed by atoms with Gasteiger partial charge in [0.1, 0.15) is 0 Å². The number of carbonyl (C=O) groups is 1. The highest BCUT2D eigenvalue weighted by molar-refractivity contribution is 5.97. The van der Waals surface area contributed by atoms with Crippen LogP contribution >= 0.6 is 12.4 Å². The molecule has 7 nitrogen and oxygen atoms in total. The summed E-state index contributed by atoms with van der Waals surface area (Å²) in [5.41, 5.74) is 0.256. The Morgan fingerprint density at radius 2 is 2.00 bits per heavy atom. The van der Waals surface area contributed by atoms with Crippen molar-refractivity contribution in [1.82, 2.24) is 20.2 Å². The van der Waals surface area contributed by atoms with Gasteiger partial charge in [-0.15, -0.1) is 12.4 Å². The summed E-state index contributed by atoms with van der Waals surface area (Å²) in [5.74, 6) is -0.216. The van der Waals surface area contributed by atoms with E-state index >= 15 is 0 Å². The number of H-pyrrole nitrogens is 1. The van der Waals surface area contributed by atoms with Crippen LogP contribution in [0.25, 0.3) is 11.0 Å². The molecule has 0 aliphatic heterocycles. The quantitative estimate of drug-likeness (QED) is 0.670. The molecule has 0 aliphatic rings. The maximum absolute atomic E-state index is 12.2. The minimum absolute atomic E-state index is 0. The van der Waals surface area contributed by atoms with Crippen LogP contribution in [-0.4, -0.2) is 34.6 Å². The molecule has 2 rings (SSSR count). The number of halogens is 1. The van der Waals surface area contributed by atoms with Crippen molar-refractivity contribution in [3.8, 4) is 0 Å². The second-order valence-corrected chi connectivity index (χ2v) is 5.40. The van der Waals surface area contributed by atoms with Crippen LogP contribution in [0.5, 0.6) is 0 Å². The van der Waals surface area contributed by atoms with E-state index in [4.69, 9.17) is 0 Å². The number of fused-ring (bicyclic) bond motifs is 1. The molecule has 0 saturated heterocycles. The molecule has 3 N–H and O–H groups in total. The lowest BCUT2D eigenvalue weighted by Crippen LogP contribution is -2.39. The summed E-state index contributed by atoms with van der Waals surface area (Å²) in [6, 6.07) is 5.10. The molecule has 0 saturated carbocycles. The lowest BCUT2D eigenvalue weighted by molar-refractivity contribution is 0.0950. The van der Waals surface area contributed by atoms with Crippen LogP contribution in [-0.2, 0) is 6.54 Å². The van der Waals surface area contributed by atoms with Crippen LogP contribution in [0.4, 0.5) is 0 Å². The maximum atomic E-state index is 12.2. The van der Waals surface area contributed by atoms with E-state index in [1.165, 1.54) is 4.57 Å². The molecule has 8 heteroatoms. The number of aryl methyl sites for hydroxylation is 1. The van der Waals surface area contributed by atoms with Gasteiger partial charge in [-0.3, -0.25) is 14.4 Å². The Bertz CT molecular complexity index is 828. The minimum Gasteiger partial charge on any atom is -0.350 e. The van der Waals surface area contributed by atoms with Gasteiger partial charge in [0.2, 0.25) is 0 Å². The second kappa shape index (κ2) is 8.65. The fourth-order valence-electron chi connectivity index (χ4n) is 2.50. The van der Waals surface area contributed by atoms with Crippen molar-refractivity contribution >= 4 is 29.3 Å². The fraction of sp³-hybridized carbons (Fsp3) is 0.438. The molecule has 1 atom stereocenters. The first-order valence-corrected chi connectivity index (χ1v) is 7.76. The van der Waals surface area contributed by atoms with E-state index in [2.05, 4.69) is 15.6 Å². The van der Waals surface area contributed by atoms with E-state index in [1.54, 1.807) is 25.1 Å². The maximum Gasteiger partial charge on any atom is 0.316 e. The first-order chi connectivity index (χ1) is 11.0. The number of aromatic nitrogens is 2. The van der Waals surface area contributed by atoms with Crippen LogP contribution in [0.1, 0.15) is 31.1 Å². The Kier molecular flexibility index (Phi) is 7.18. The van der Waals surface area contributed by atoms with E-state index in [1.807, 2.05) is 13.8 Å². The van der Waals surface area contributed by atoms with Gasteiger partial charge >= 0.3 is 11.1 Å². The van der Waals surface area contributed by atoms with Gasteiger partial charge in [0.25, 0.3) is 5.91 Å². The third-order valence-corrected chi connectivity index (χ3v) is 3.67. The molecule has 0 radical (unpaired) electrons. The molecule has 2 aromatic rings. The third kappa shape index (κ3) is 4.24. The topological polar surface area (TPSA) is 96.0 Å². The van der Waals surface area contributed by atoms with Crippen molar-refractivity contribution in [2.75, 3.05) is 13.1 Å². The van der Waals surface area contributed by atoms with Crippen molar-refractivity contribution in [2.24, 2.45) is 0 Å². The molecule has 24 heavy (non-hydrogen) atoms. The average Bonchev–Trinajstić information content (AvgIpc) is 2.53. The summed E-state index contributed by atoms with van der Waals surface area (Å²) in [5, 5.41) is 6.05. The number of hydrogen-bond donors (Lipinski definition) is 3. The highest BCUT2D eigenvalue weighted by Crippen LogP contribution is 2.11. The number of nitrogens with zero attached hydrogens (tertiary/aromatic N) is 1. The molecule has 0 bridgehead atoms. The Morgan fingerprint density at radius 1 is 1.29 bits per heavy atom. The summed E-state index contributed by atoms with van der Waals surface area (Å²) in [6.45, 7) is 7.53. The molecule has 0 aliphatic carbocycles. The van der Waals surface area contributed by atoms with Crippen LogP contribution < -0.4 is 21.8 Å². The summed E-state index contributed by atoms with van der Waals surface area (Å²) in [4.78, 5) is 38.2. The minimum atomic E-state index is -0.683. The van der Waals surface area contributed by atoms with Crippen molar-refractivity contribution in [2.45, 2.75) is 33.4 Å². The number of benzene rings is 1. The van der Waals surface area contributed by atoms with Crippen LogP contribution in [0, 0.1) is 0 Å². The zero-order valence-corrected chi connectivity index (χ0v) is 14.8. The smallest absolute Gasteiger partial charge is 0.316 e. The van der Waals surface area contributed by atoms with Gasteiger partial charge in [0, 0.05) is 24.7 Å². The van der Waals surface area contributed by atoms with E-state index in [9.17, 15) is 14.4 Å². The highest BCUT2D eigenvalue weighted by atomic mass is 35.5. The van der Waals surface area contributed by atoms with Gasteiger partial charge in [0.05, 0.1) is 11.0 Å². The Hall–Kier alpha value is -2.12. The molecule has 0 unspecified atom stereocenters. The summed E-state index contributed by atoms with van der Waals surface area (Å²) in [7, 11) is 0. The fourth-order valence-corrected chi connectivity index (χ4v) is 2.50. The number of carbonyl (C=O) groups excluding carboxylic acids is 1. The zero-order valence-electron chi connectivity index (χ0n) is 14.0. The number of rotatable bonds is 6. The van der Waals surface area contributed by atoms with E-state index < -0.39 is 11.1 Å². The number of amides is 1. The zero-order chi connectivity index (χ0) is 17.0. The molecule has 1 amide bonds. The van der Waals surface area contributed by atoms with Gasteiger partial charge in [-0.2, -0.15) is 0 Å². The third-order valence-electron chi connectivity index (χ3n) is 3.67. The van der Waals surface area contributed by atoms with Crippen molar-refractivity contribution in [3.05, 3.63) is 44.5 Å². The summed E-state index contributed by atoms with van der Waals surface area (Å²) >= 11 is 0. The van der Waals surface area contributed by atoms with Crippen LogP contribution in [0.2, 0.25) is 0 Å². The number of aromatic amines is 1. The summed E-state index contributed by atoms with van der Waals surface area (Å²) < 4.78 is 1.39. The van der Waals surface area contributed by atoms with Gasteiger partial charge in [0.15, 0.2) is 0 Å².